The second-order valence-corrected chi connectivity index (χ2v) is 4.62. The van der Waals surface area contributed by atoms with E-state index in [1.807, 2.05) is 0 Å². The van der Waals surface area contributed by atoms with Crippen LogP contribution in [0.25, 0.3) is 10.9 Å². The Morgan fingerprint density at radius 2 is 2.16 bits per heavy atom. The van der Waals surface area contributed by atoms with Gasteiger partial charge < -0.3 is 30.8 Å². The van der Waals surface area contributed by atoms with Crippen LogP contribution >= 0.6 is 0 Å². The number of nitrogens with two attached hydrogens (primary N) is 1. The molecule has 2 aromatic rings. The molecule has 1 aliphatic heterocycles. The third-order valence-electron chi connectivity index (χ3n) is 3.50. The molecule has 3 rings (SSSR count). The third kappa shape index (κ3) is 1.79. The largest absolute Gasteiger partial charge is 0.394 e. The van der Waals surface area contributed by atoms with Crippen molar-refractivity contribution in [3.8, 4) is 0 Å². The van der Waals surface area contributed by atoms with Gasteiger partial charge in [0.1, 0.15) is 30.2 Å². The van der Waals surface area contributed by atoms with E-state index in [1.165, 1.54) is 6.20 Å². The predicted octanol–water partition coefficient (Wildman–Crippen LogP) is -0.701. The van der Waals surface area contributed by atoms with Gasteiger partial charge >= 0.3 is 0 Å². The SMILES string of the molecule is Nc1ncc([C@@H]2O[C@H](CO)[C@@H](O)[C@H]2O)c2[nH]ccc12. The van der Waals surface area contributed by atoms with Crippen LogP contribution in [0, 0.1) is 0 Å². The second kappa shape index (κ2) is 4.46. The van der Waals surface area contributed by atoms with E-state index in [0.29, 0.717) is 16.9 Å². The predicted molar refractivity (Wildman–Crippen MR) is 67.2 cm³/mol. The molecule has 19 heavy (non-hydrogen) atoms. The number of H-pyrrole nitrogens is 1. The van der Waals surface area contributed by atoms with E-state index in [1.54, 1.807) is 12.3 Å². The fraction of sp³-hybridized carbons (Fsp3) is 0.417. The molecule has 4 atom stereocenters. The van der Waals surface area contributed by atoms with E-state index in [-0.39, 0.29) is 6.61 Å². The van der Waals surface area contributed by atoms with E-state index in [4.69, 9.17) is 15.6 Å². The van der Waals surface area contributed by atoms with Crippen LogP contribution in [0.15, 0.2) is 18.5 Å². The van der Waals surface area contributed by atoms with Crippen LogP contribution in [0.1, 0.15) is 11.7 Å². The first-order chi connectivity index (χ1) is 9.13. The molecule has 0 saturated carbocycles. The van der Waals surface area contributed by atoms with Gasteiger partial charge in [-0.2, -0.15) is 0 Å². The van der Waals surface area contributed by atoms with Gasteiger partial charge in [-0.3, -0.25) is 0 Å². The molecule has 102 valence electrons. The van der Waals surface area contributed by atoms with Crippen molar-refractivity contribution >= 4 is 16.7 Å². The molecule has 0 amide bonds. The van der Waals surface area contributed by atoms with Crippen LogP contribution in [0.3, 0.4) is 0 Å². The summed E-state index contributed by atoms with van der Waals surface area (Å²) in [6.45, 7) is -0.356. The van der Waals surface area contributed by atoms with Crippen LogP contribution in [0.2, 0.25) is 0 Å². The Morgan fingerprint density at radius 1 is 1.37 bits per heavy atom. The van der Waals surface area contributed by atoms with Crippen molar-refractivity contribution in [2.45, 2.75) is 24.4 Å². The van der Waals surface area contributed by atoms with Crippen molar-refractivity contribution < 1.29 is 20.1 Å². The molecule has 0 aliphatic carbocycles. The third-order valence-corrected chi connectivity index (χ3v) is 3.50. The smallest absolute Gasteiger partial charge is 0.132 e. The molecule has 0 bridgehead atoms. The van der Waals surface area contributed by atoms with Gasteiger partial charge in [-0.05, 0) is 6.07 Å². The monoisotopic (exact) mass is 265 g/mol. The van der Waals surface area contributed by atoms with E-state index in [9.17, 15) is 10.2 Å². The average Bonchev–Trinajstić information content (AvgIpc) is 2.99. The maximum Gasteiger partial charge on any atom is 0.132 e. The average molecular weight is 265 g/mol. The minimum absolute atomic E-state index is 0.356. The fourth-order valence-electron chi connectivity index (χ4n) is 2.47. The van der Waals surface area contributed by atoms with Crippen LogP contribution in [0.4, 0.5) is 5.82 Å². The van der Waals surface area contributed by atoms with Crippen molar-refractivity contribution in [2.75, 3.05) is 12.3 Å². The Hall–Kier alpha value is -1.67. The van der Waals surface area contributed by atoms with Gasteiger partial charge in [-0.1, -0.05) is 0 Å². The highest BCUT2D eigenvalue weighted by Crippen LogP contribution is 2.36. The lowest BCUT2D eigenvalue weighted by molar-refractivity contribution is -0.0224. The van der Waals surface area contributed by atoms with Crippen LogP contribution in [-0.4, -0.2) is 50.2 Å². The number of aliphatic hydroxyl groups is 3. The first kappa shape index (κ1) is 12.4. The number of pyridine rings is 1. The number of anilines is 1. The summed E-state index contributed by atoms with van der Waals surface area (Å²) in [7, 11) is 0. The summed E-state index contributed by atoms with van der Waals surface area (Å²) in [5, 5.41) is 29.6. The minimum atomic E-state index is -1.13. The number of aromatic amines is 1. The molecule has 0 aromatic carbocycles. The highest BCUT2D eigenvalue weighted by molar-refractivity contribution is 5.91. The molecule has 0 radical (unpaired) electrons. The summed E-state index contributed by atoms with van der Waals surface area (Å²) in [5.74, 6) is 0.381. The zero-order chi connectivity index (χ0) is 13.6. The first-order valence-electron chi connectivity index (χ1n) is 5.97. The topological polar surface area (TPSA) is 125 Å². The normalized spacial score (nSPS) is 31.1. The lowest BCUT2D eigenvalue weighted by Crippen LogP contribution is -2.32. The van der Waals surface area contributed by atoms with Gasteiger partial charge in [0.2, 0.25) is 0 Å². The summed E-state index contributed by atoms with van der Waals surface area (Å²) in [6, 6.07) is 1.78. The molecular weight excluding hydrogens is 250 g/mol. The second-order valence-electron chi connectivity index (χ2n) is 4.62. The molecule has 7 nitrogen and oxygen atoms in total. The molecule has 1 fully saturated rings. The molecule has 2 aromatic heterocycles. The summed E-state index contributed by atoms with van der Waals surface area (Å²) in [6.07, 6.45) is -0.572. The minimum Gasteiger partial charge on any atom is -0.394 e. The van der Waals surface area contributed by atoms with E-state index in [0.717, 1.165) is 5.39 Å². The number of fused-ring (bicyclic) bond motifs is 1. The lowest BCUT2D eigenvalue weighted by atomic mass is 10.0. The fourth-order valence-corrected chi connectivity index (χ4v) is 2.47. The Morgan fingerprint density at radius 3 is 2.84 bits per heavy atom. The number of nitrogens with one attached hydrogen (secondary N) is 1. The Kier molecular flexibility index (Phi) is 2.90. The van der Waals surface area contributed by atoms with Crippen molar-refractivity contribution in [3.05, 3.63) is 24.0 Å². The highest BCUT2D eigenvalue weighted by Gasteiger charge is 2.43. The standard InChI is InChI=1S/C12H15N3O4/c13-12-5-1-2-14-8(5)6(3-15-12)11-10(18)9(17)7(4-16)19-11/h1-3,7,9-11,14,16-18H,4H2,(H2,13,15)/t7-,9-,10-,11+/m1/s1. The number of hydrogen-bond acceptors (Lipinski definition) is 6. The Balaban J connectivity index is 2.06. The van der Waals surface area contributed by atoms with Crippen LogP contribution < -0.4 is 5.73 Å². The maximum atomic E-state index is 10.0. The van der Waals surface area contributed by atoms with Crippen molar-refractivity contribution in [1.29, 1.82) is 0 Å². The maximum absolute atomic E-state index is 10.0. The molecule has 6 N–H and O–H groups in total. The Labute approximate surface area is 108 Å². The zero-order valence-corrected chi connectivity index (χ0v) is 10.0. The van der Waals surface area contributed by atoms with E-state index >= 15 is 0 Å². The quantitative estimate of drug-likeness (QED) is 0.489. The number of nitrogens with zero attached hydrogens (tertiary/aromatic N) is 1. The van der Waals surface area contributed by atoms with Gasteiger partial charge in [0, 0.05) is 23.3 Å². The van der Waals surface area contributed by atoms with Gasteiger partial charge in [-0.25, -0.2) is 4.98 Å². The Bertz CT molecular complexity index is 600. The van der Waals surface area contributed by atoms with Crippen LogP contribution in [-0.2, 0) is 4.74 Å². The summed E-state index contributed by atoms with van der Waals surface area (Å²) in [5.41, 5.74) is 7.08. The molecule has 1 aliphatic rings. The van der Waals surface area contributed by atoms with Crippen molar-refractivity contribution in [3.63, 3.8) is 0 Å². The summed E-state index contributed by atoms with van der Waals surface area (Å²) < 4.78 is 5.49. The number of hydrogen-bond donors (Lipinski definition) is 5. The number of nitrogen functional groups attached to an aromatic ring is 1. The van der Waals surface area contributed by atoms with E-state index < -0.39 is 24.4 Å². The molecule has 7 heteroatoms. The number of ether oxygens (including phenoxy) is 1. The van der Waals surface area contributed by atoms with Crippen molar-refractivity contribution in [2.24, 2.45) is 0 Å². The molecule has 1 saturated heterocycles. The number of rotatable bonds is 2. The first-order valence-corrected chi connectivity index (χ1v) is 5.97. The molecule has 0 unspecified atom stereocenters. The summed E-state index contributed by atoms with van der Waals surface area (Å²) >= 11 is 0. The summed E-state index contributed by atoms with van der Waals surface area (Å²) in [4.78, 5) is 7.08. The molecular formula is C12H15N3O4. The van der Waals surface area contributed by atoms with Gasteiger partial charge in [-0.15, -0.1) is 0 Å². The zero-order valence-electron chi connectivity index (χ0n) is 10.0. The lowest BCUT2D eigenvalue weighted by Gasteiger charge is -2.16. The van der Waals surface area contributed by atoms with Crippen LogP contribution in [0.5, 0.6) is 0 Å². The van der Waals surface area contributed by atoms with Gasteiger partial charge in [0.05, 0.1) is 12.1 Å². The van der Waals surface area contributed by atoms with Gasteiger partial charge in [0.25, 0.3) is 0 Å². The number of aliphatic hydroxyl groups excluding tert-OH is 3. The van der Waals surface area contributed by atoms with Gasteiger partial charge in [0.15, 0.2) is 0 Å². The molecule has 3 heterocycles. The van der Waals surface area contributed by atoms with E-state index in [2.05, 4.69) is 9.97 Å². The highest BCUT2D eigenvalue weighted by atomic mass is 16.6. The van der Waals surface area contributed by atoms with Crippen molar-refractivity contribution in [1.82, 2.24) is 9.97 Å². The number of aromatic nitrogens is 2. The molecule has 0 spiro atoms.